The van der Waals surface area contributed by atoms with Gasteiger partial charge < -0.3 is 5.73 Å². The maximum atomic E-state index is 5.93. The monoisotopic (exact) mass is 222 g/mol. The Labute approximate surface area is 101 Å². The molecule has 0 saturated heterocycles. The molecule has 2 heteroatoms. The third-order valence-electron chi connectivity index (χ3n) is 3.13. The van der Waals surface area contributed by atoms with Gasteiger partial charge in [-0.2, -0.15) is 0 Å². The Morgan fingerprint density at radius 2 is 1.65 bits per heavy atom. The van der Waals surface area contributed by atoms with Gasteiger partial charge >= 0.3 is 0 Å². The van der Waals surface area contributed by atoms with E-state index in [0.717, 1.165) is 12.3 Å². The van der Waals surface area contributed by atoms with Gasteiger partial charge in [-0.3, -0.25) is 4.99 Å². The minimum atomic E-state index is 0.0566. The summed E-state index contributed by atoms with van der Waals surface area (Å²) < 4.78 is 0. The molecule has 1 atom stereocenters. The molecule has 1 unspecified atom stereocenters. The van der Waals surface area contributed by atoms with Crippen LogP contribution in [0, 0.1) is 0 Å². The van der Waals surface area contributed by atoms with Gasteiger partial charge in [0.2, 0.25) is 0 Å². The zero-order valence-corrected chi connectivity index (χ0v) is 9.51. The van der Waals surface area contributed by atoms with Gasteiger partial charge in [0.15, 0.2) is 0 Å². The van der Waals surface area contributed by atoms with Crippen molar-refractivity contribution in [3.63, 3.8) is 0 Å². The van der Waals surface area contributed by atoms with Crippen molar-refractivity contribution in [2.24, 2.45) is 10.7 Å². The topological polar surface area (TPSA) is 38.4 Å². The zero-order chi connectivity index (χ0) is 11.7. The van der Waals surface area contributed by atoms with Crippen molar-refractivity contribution in [2.75, 3.05) is 0 Å². The van der Waals surface area contributed by atoms with Crippen molar-refractivity contribution in [3.05, 3.63) is 71.3 Å². The molecule has 1 aliphatic heterocycles. The first-order valence-corrected chi connectivity index (χ1v) is 5.79. The Balaban J connectivity index is 2.12. The van der Waals surface area contributed by atoms with E-state index in [9.17, 15) is 0 Å². The van der Waals surface area contributed by atoms with Crippen molar-refractivity contribution in [1.29, 1.82) is 0 Å². The third kappa shape index (κ3) is 1.82. The Morgan fingerprint density at radius 3 is 2.47 bits per heavy atom. The van der Waals surface area contributed by atoms with E-state index in [1.54, 1.807) is 0 Å². The number of hydrogen-bond acceptors (Lipinski definition) is 2. The molecular weight excluding hydrogens is 208 g/mol. The molecule has 0 aliphatic carbocycles. The van der Waals surface area contributed by atoms with Crippen LogP contribution in [0.3, 0.4) is 0 Å². The molecule has 0 aromatic heterocycles. The maximum absolute atomic E-state index is 5.93. The van der Waals surface area contributed by atoms with Crippen LogP contribution in [-0.2, 0) is 6.42 Å². The quantitative estimate of drug-likeness (QED) is 0.791. The highest BCUT2D eigenvalue weighted by molar-refractivity contribution is 5.85. The van der Waals surface area contributed by atoms with Gasteiger partial charge in [-0.15, -0.1) is 0 Å². The summed E-state index contributed by atoms with van der Waals surface area (Å²) in [5.74, 6) is 0.720. The lowest BCUT2D eigenvalue weighted by Gasteiger charge is -2.22. The van der Waals surface area contributed by atoms with Crippen LogP contribution in [0.4, 0.5) is 0 Å². The van der Waals surface area contributed by atoms with Crippen molar-refractivity contribution >= 4 is 5.84 Å². The maximum Gasteiger partial charge on any atom is 0.102 e. The number of fused-ring (bicyclic) bond motifs is 1. The molecule has 0 saturated carbocycles. The average Bonchev–Trinajstić information content (AvgIpc) is 2.39. The summed E-state index contributed by atoms with van der Waals surface area (Å²) in [5, 5.41) is 0. The van der Waals surface area contributed by atoms with Gasteiger partial charge in [-0.25, -0.2) is 0 Å². The van der Waals surface area contributed by atoms with Gasteiger partial charge in [0.25, 0.3) is 0 Å². The first-order chi connectivity index (χ1) is 8.34. The summed E-state index contributed by atoms with van der Waals surface area (Å²) in [6.07, 6.45) is 0.763. The van der Waals surface area contributed by atoms with E-state index in [1.807, 2.05) is 18.2 Å². The third-order valence-corrected chi connectivity index (χ3v) is 3.13. The first-order valence-electron chi connectivity index (χ1n) is 5.79. The predicted molar refractivity (Wildman–Crippen MR) is 70.1 cm³/mol. The van der Waals surface area contributed by atoms with Crippen molar-refractivity contribution < 1.29 is 0 Å². The van der Waals surface area contributed by atoms with Gasteiger partial charge in [0, 0.05) is 6.42 Å². The minimum absolute atomic E-state index is 0.0566. The molecule has 0 amide bonds. The van der Waals surface area contributed by atoms with Crippen LogP contribution in [0.2, 0.25) is 0 Å². The lowest BCUT2D eigenvalue weighted by Crippen LogP contribution is -2.22. The highest BCUT2D eigenvalue weighted by Gasteiger charge is 2.20. The van der Waals surface area contributed by atoms with Crippen LogP contribution in [0.1, 0.15) is 22.7 Å². The van der Waals surface area contributed by atoms with E-state index in [1.165, 1.54) is 16.7 Å². The number of hydrogen-bond donors (Lipinski definition) is 1. The summed E-state index contributed by atoms with van der Waals surface area (Å²) in [7, 11) is 0. The summed E-state index contributed by atoms with van der Waals surface area (Å²) in [5.41, 5.74) is 9.68. The number of rotatable bonds is 1. The Kier molecular flexibility index (Phi) is 2.41. The standard InChI is InChI=1S/C15H14N2/c16-14-10-12-8-4-5-9-13(12)15(17-14)11-6-2-1-3-7-11/h1-9,15H,10H2,(H2,16,17). The van der Waals surface area contributed by atoms with Crippen LogP contribution in [0.25, 0.3) is 0 Å². The molecule has 84 valence electrons. The molecule has 17 heavy (non-hydrogen) atoms. The Morgan fingerprint density at radius 1 is 0.941 bits per heavy atom. The summed E-state index contributed by atoms with van der Waals surface area (Å²) in [4.78, 5) is 4.59. The highest BCUT2D eigenvalue weighted by Crippen LogP contribution is 2.31. The van der Waals surface area contributed by atoms with E-state index >= 15 is 0 Å². The van der Waals surface area contributed by atoms with E-state index in [0.29, 0.717) is 0 Å². The second kappa shape index (κ2) is 4.06. The molecule has 2 aromatic carbocycles. The largest absolute Gasteiger partial charge is 0.387 e. The lowest BCUT2D eigenvalue weighted by atomic mass is 9.91. The SMILES string of the molecule is NC1=NC(c2ccccc2)c2ccccc2C1. The van der Waals surface area contributed by atoms with Crippen LogP contribution < -0.4 is 5.73 Å². The number of amidine groups is 1. The van der Waals surface area contributed by atoms with Crippen molar-refractivity contribution in [3.8, 4) is 0 Å². The zero-order valence-electron chi connectivity index (χ0n) is 9.51. The van der Waals surface area contributed by atoms with Crippen LogP contribution in [-0.4, -0.2) is 5.84 Å². The van der Waals surface area contributed by atoms with Gasteiger partial charge in [-0.05, 0) is 16.7 Å². The lowest BCUT2D eigenvalue weighted by molar-refractivity contribution is 0.829. The molecular formula is C15H14N2. The van der Waals surface area contributed by atoms with Crippen molar-refractivity contribution in [2.45, 2.75) is 12.5 Å². The molecule has 1 heterocycles. The first kappa shape index (κ1) is 10.1. The van der Waals surface area contributed by atoms with Crippen LogP contribution in [0.5, 0.6) is 0 Å². The molecule has 3 rings (SSSR count). The molecule has 0 bridgehead atoms. The van der Waals surface area contributed by atoms with Crippen LogP contribution in [0.15, 0.2) is 59.6 Å². The van der Waals surface area contributed by atoms with E-state index in [2.05, 4.69) is 41.4 Å². The molecule has 0 radical (unpaired) electrons. The highest BCUT2D eigenvalue weighted by atomic mass is 14.9. The molecule has 2 N–H and O–H groups in total. The Bertz CT molecular complexity index is 558. The number of nitrogens with zero attached hydrogens (tertiary/aromatic N) is 1. The molecule has 2 nitrogen and oxygen atoms in total. The molecule has 0 fully saturated rings. The normalized spacial score (nSPS) is 18.4. The number of nitrogens with two attached hydrogens (primary N) is 1. The molecule has 1 aliphatic rings. The smallest absolute Gasteiger partial charge is 0.102 e. The Hall–Kier alpha value is -2.09. The van der Waals surface area contributed by atoms with Crippen LogP contribution >= 0.6 is 0 Å². The fourth-order valence-corrected chi connectivity index (χ4v) is 2.33. The van der Waals surface area contributed by atoms with E-state index in [4.69, 9.17) is 5.73 Å². The summed E-state index contributed by atoms with van der Waals surface area (Å²) in [6.45, 7) is 0. The molecule has 2 aromatic rings. The minimum Gasteiger partial charge on any atom is -0.387 e. The molecule has 0 spiro atoms. The average molecular weight is 222 g/mol. The van der Waals surface area contributed by atoms with E-state index < -0.39 is 0 Å². The number of aliphatic imine (C=N–C) groups is 1. The second-order valence-corrected chi connectivity index (χ2v) is 4.31. The summed E-state index contributed by atoms with van der Waals surface area (Å²) >= 11 is 0. The van der Waals surface area contributed by atoms with Crippen molar-refractivity contribution in [1.82, 2.24) is 0 Å². The predicted octanol–water partition coefficient (Wildman–Crippen LogP) is 2.69. The second-order valence-electron chi connectivity index (χ2n) is 4.31. The number of benzene rings is 2. The summed E-state index contributed by atoms with van der Waals surface area (Å²) in [6, 6.07) is 18.7. The van der Waals surface area contributed by atoms with E-state index in [-0.39, 0.29) is 6.04 Å². The van der Waals surface area contributed by atoms with Gasteiger partial charge in [0.1, 0.15) is 6.04 Å². The fourth-order valence-electron chi connectivity index (χ4n) is 2.33. The van der Waals surface area contributed by atoms with Gasteiger partial charge in [0.05, 0.1) is 5.84 Å². The fraction of sp³-hybridized carbons (Fsp3) is 0.133. The van der Waals surface area contributed by atoms with Gasteiger partial charge in [-0.1, -0.05) is 54.6 Å².